The Morgan fingerprint density at radius 2 is 0.711 bits per heavy atom. The lowest BCUT2D eigenvalue weighted by atomic mass is 9.48. The summed E-state index contributed by atoms with van der Waals surface area (Å²) in [4.78, 5) is 60.5. The van der Waals surface area contributed by atoms with Crippen LogP contribution in [0.4, 0.5) is 13.2 Å². The highest BCUT2D eigenvalue weighted by Crippen LogP contribution is 2.69. The average Bonchev–Trinajstić information content (AvgIpc) is 1.69. The number of hydrogen-bond donors (Lipinski definition) is 3. The number of ether oxygens (including phenoxy) is 1. The lowest BCUT2D eigenvalue weighted by molar-refractivity contribution is -0.140. The van der Waals surface area contributed by atoms with E-state index in [0.29, 0.717) is 173 Å². The highest BCUT2D eigenvalue weighted by Gasteiger charge is 2.64. The highest BCUT2D eigenvalue weighted by atomic mass is 32.2. The quantitative estimate of drug-likeness (QED) is 0.177. The van der Waals surface area contributed by atoms with Crippen LogP contribution in [0, 0.1) is 123 Å². The average molecular weight is 1380 g/mol. The molecule has 28 atom stereocenters. The highest BCUT2D eigenvalue weighted by molar-refractivity contribution is 7.97. The first kappa shape index (κ1) is 73.3. The van der Waals surface area contributed by atoms with Crippen LogP contribution in [-0.4, -0.2) is 212 Å². The number of ketones is 3. The zero-order chi connectivity index (χ0) is 69.1. The number of carbonyl (C=O) groups is 4. The van der Waals surface area contributed by atoms with E-state index in [9.17, 15) is 38.7 Å². The van der Waals surface area contributed by atoms with Crippen molar-refractivity contribution in [3.05, 3.63) is 0 Å². The van der Waals surface area contributed by atoms with Crippen molar-refractivity contribution in [1.82, 2.24) is 23.9 Å². The Morgan fingerprint density at radius 3 is 1.02 bits per heavy atom. The second kappa shape index (κ2) is 28.1. The van der Waals surface area contributed by atoms with E-state index >= 15 is 13.2 Å². The third-order valence-electron chi connectivity index (χ3n) is 31.8. The van der Waals surface area contributed by atoms with Gasteiger partial charge >= 0.3 is 0 Å². The maximum atomic E-state index is 15.5. The van der Waals surface area contributed by atoms with Crippen molar-refractivity contribution in [1.29, 1.82) is 0 Å². The van der Waals surface area contributed by atoms with Gasteiger partial charge < -0.3 is 25.0 Å². The van der Waals surface area contributed by atoms with Crippen LogP contribution in [0.25, 0.3) is 0 Å². The molecule has 0 aromatic carbocycles. The third-order valence-corrected chi connectivity index (χ3v) is 33.3. The van der Waals surface area contributed by atoms with Crippen molar-refractivity contribution in [3.8, 4) is 0 Å². The number of Topliss-reactive ketones (excluding diaryl/α,β-unsaturated/α-hetero) is 3. The van der Waals surface area contributed by atoms with E-state index in [1.807, 2.05) is 30.0 Å². The predicted molar refractivity (Wildman–Crippen MR) is 375 cm³/mol. The van der Waals surface area contributed by atoms with Crippen LogP contribution in [0.15, 0.2) is 0 Å². The molecule has 15 rings (SSSR count). The molecular formula is C79H128F3N5O9S. The van der Waals surface area contributed by atoms with Gasteiger partial charge in [0.15, 0.2) is 0 Å². The minimum atomic E-state index is -2.17. The molecule has 3 saturated heterocycles. The number of piperazine rings is 2. The summed E-state index contributed by atoms with van der Waals surface area (Å²) >= 11 is 0. The zero-order valence-electron chi connectivity index (χ0n) is 61.0. The number of rotatable bonds is 10. The van der Waals surface area contributed by atoms with E-state index in [1.54, 1.807) is 13.2 Å². The maximum Gasteiger partial charge on any atom is 0.219 e. The van der Waals surface area contributed by atoms with Crippen molar-refractivity contribution < 1.29 is 56.6 Å². The molecule has 0 spiro atoms. The Labute approximate surface area is 581 Å². The van der Waals surface area contributed by atoms with Crippen molar-refractivity contribution in [3.63, 3.8) is 0 Å². The molecule has 1 unspecified atom stereocenters. The van der Waals surface area contributed by atoms with Crippen LogP contribution in [0.5, 0.6) is 0 Å². The van der Waals surface area contributed by atoms with Crippen LogP contribution in [0.3, 0.4) is 0 Å². The van der Waals surface area contributed by atoms with Crippen molar-refractivity contribution in [2.75, 3.05) is 105 Å². The Balaban J connectivity index is 0.000000131. The van der Waals surface area contributed by atoms with Gasteiger partial charge in [-0.15, -0.1) is 0 Å². The van der Waals surface area contributed by atoms with E-state index in [1.165, 1.54) is 0 Å². The molecule has 0 aromatic heterocycles. The summed E-state index contributed by atoms with van der Waals surface area (Å²) < 4.78 is 65.9. The Kier molecular flexibility index (Phi) is 21.2. The SMILES string of the molecule is C=S(C)(=O)N1CCN(CC(=O)[C@H]2CC[C@H]3[C@@H]4C[C@@H](F)[C@@H]5C[C@](C)(O)CC[C@@H]5[C@H]4CC[C@]23C)CC1.CC(=O)N1CCN(CC(=O)[C@H]2CC[C@H]3[C@@H]4C[C@@H](F)[C@H]5C[C@](C)(O)CC[C@@H]5[C@H]4CC[C@]23C)CC1.C[C@@]1(O)CC[C@@H]2[C@H]3CC[C@]4(C)[C@@H](C(=O)CN5CCOCC5)CC[C@H]4[C@@H]3C[C@@H](F)[C@@H]2C1. The molecule has 12 aliphatic carbocycles. The van der Waals surface area contributed by atoms with Gasteiger partial charge in [-0.2, -0.15) is 0 Å². The van der Waals surface area contributed by atoms with Crippen molar-refractivity contribution in [2.45, 2.75) is 238 Å². The van der Waals surface area contributed by atoms with Crippen LogP contribution in [0.2, 0.25) is 0 Å². The van der Waals surface area contributed by atoms with Crippen molar-refractivity contribution in [2.24, 2.45) is 123 Å². The minimum absolute atomic E-state index is 0.00212. The molecule has 12 saturated carbocycles. The molecule has 3 heterocycles. The molecule has 14 nitrogen and oxygen atoms in total. The number of hydrogen-bond acceptors (Lipinski definition) is 12. The van der Waals surface area contributed by atoms with E-state index in [4.69, 9.17) is 4.74 Å². The molecular weight excluding hydrogens is 1250 g/mol. The number of carbonyl (C=O) groups excluding carboxylic acids is 4. The van der Waals surface area contributed by atoms with E-state index in [2.05, 4.69) is 41.3 Å². The van der Waals surface area contributed by atoms with Gasteiger partial charge in [0.2, 0.25) is 5.91 Å². The molecule has 0 aromatic rings. The molecule has 3 aliphatic heterocycles. The fourth-order valence-electron chi connectivity index (χ4n) is 26.8. The third kappa shape index (κ3) is 14.5. The zero-order valence-corrected chi connectivity index (χ0v) is 61.8. The fraction of sp³-hybridized carbons (Fsp3) is 0.937. The normalized spacial score (nSPS) is 49.7. The summed E-state index contributed by atoms with van der Waals surface area (Å²) in [6.45, 7) is 24.9. The van der Waals surface area contributed by atoms with Gasteiger partial charge in [-0.3, -0.25) is 38.1 Å². The second-order valence-corrected chi connectivity index (χ2v) is 40.0. The first-order valence-corrected chi connectivity index (χ1v) is 41.6. The Morgan fingerprint density at radius 1 is 0.423 bits per heavy atom. The van der Waals surface area contributed by atoms with E-state index < -0.39 is 45.0 Å². The lowest BCUT2D eigenvalue weighted by Gasteiger charge is -2.57. The molecule has 0 bridgehead atoms. The van der Waals surface area contributed by atoms with Crippen LogP contribution in [-0.2, 0) is 33.6 Å². The molecule has 1 amide bonds. The molecule has 97 heavy (non-hydrogen) atoms. The van der Waals surface area contributed by atoms with Gasteiger partial charge in [0.05, 0.1) is 49.7 Å². The monoisotopic (exact) mass is 1380 g/mol. The smallest absolute Gasteiger partial charge is 0.219 e. The standard InChI is InChI=1S/C27H45FN2O3S.C27H43FN2O3.C25H40FNO3/c1-26(32)9-7-19-18-8-10-27(2)22(20(18)15-24(28)21(19)16-26)5-6-23(27)25(31)17-29-11-13-30(14-12-29)34(3,4)33;1-17(31)30-12-10-29(11-13-30)16-25(32)23-5-4-22-20-14-24(28)21-15-26(2,33)8-6-19(21)18(20)7-9-27(22,23)3;1-24(29)7-5-17-16-6-8-25(2)20(18(16)13-22(26)19(17)14-24)3-4-21(25)23(28)15-27-9-11-30-12-10-27/h18-24,32H,3,5-17H2,1-2,4H3;18-24,33H,4-16H2,1-3H3;16-22,29H,3-15H2,1-2H3/t18-,19-,20-,21-,22+,23-,24-,26-,27+,34?;18-,19-,20-,21+,22+,23-,24-,26-,27+;16-,17-,18-,19-,20+,21-,22-,24-,25+/m111/s1. The first-order chi connectivity index (χ1) is 45.8. The van der Waals surface area contributed by atoms with E-state index in [-0.39, 0.29) is 57.7 Å². The minimum Gasteiger partial charge on any atom is -0.390 e. The second-order valence-electron chi connectivity index (χ2n) is 37.5. The van der Waals surface area contributed by atoms with Gasteiger partial charge in [-0.05, 0) is 286 Å². The first-order valence-electron chi connectivity index (χ1n) is 39.5. The molecule has 0 radical (unpaired) electrons. The summed E-state index contributed by atoms with van der Waals surface area (Å²) in [6.07, 6.45) is 21.1. The van der Waals surface area contributed by atoms with Gasteiger partial charge in [0, 0.05) is 106 Å². The number of amides is 1. The van der Waals surface area contributed by atoms with Crippen LogP contribution in [0.1, 0.15) is 203 Å². The topological polar surface area (TPSA) is 171 Å². The number of alkyl halides is 3. The van der Waals surface area contributed by atoms with Gasteiger partial charge in [0.1, 0.15) is 35.9 Å². The number of nitrogens with zero attached hydrogens (tertiary/aromatic N) is 5. The Hall–Kier alpha value is -2.03. The van der Waals surface area contributed by atoms with Crippen LogP contribution < -0.4 is 0 Å². The van der Waals surface area contributed by atoms with Crippen molar-refractivity contribution >= 4 is 38.8 Å². The number of morpholine rings is 1. The summed E-state index contributed by atoms with van der Waals surface area (Å²) in [5, 5.41) is 31.7. The molecule has 15 aliphatic rings. The summed E-state index contributed by atoms with van der Waals surface area (Å²) in [5.74, 6) is 11.1. The summed E-state index contributed by atoms with van der Waals surface area (Å²) in [6, 6.07) is 0. The number of fused-ring (bicyclic) bond motifs is 15. The van der Waals surface area contributed by atoms with Gasteiger partial charge in [-0.1, -0.05) is 20.8 Å². The number of aliphatic hydroxyl groups is 3. The van der Waals surface area contributed by atoms with E-state index in [0.717, 1.165) is 168 Å². The number of halogens is 3. The summed E-state index contributed by atoms with van der Waals surface area (Å²) in [5.41, 5.74) is -2.05. The molecule has 3 N–H and O–H groups in total. The fourth-order valence-corrected chi connectivity index (χ4v) is 27.8. The maximum absolute atomic E-state index is 15.5. The summed E-state index contributed by atoms with van der Waals surface area (Å²) in [7, 11) is -2.17. The molecule has 15 fully saturated rings. The molecule has 18 heteroatoms. The Bertz CT molecular complexity index is 2950. The van der Waals surface area contributed by atoms with Gasteiger partial charge in [0.25, 0.3) is 0 Å². The largest absolute Gasteiger partial charge is 0.390 e. The van der Waals surface area contributed by atoms with Gasteiger partial charge in [-0.25, -0.2) is 17.5 Å². The molecule has 550 valence electrons. The lowest BCUT2D eigenvalue weighted by Crippen LogP contribution is -2.55. The van der Waals surface area contributed by atoms with Crippen LogP contribution >= 0.6 is 0 Å². The predicted octanol–water partition coefficient (Wildman–Crippen LogP) is 10.9.